The van der Waals surface area contributed by atoms with Crippen molar-refractivity contribution in [2.45, 2.75) is 0 Å². The highest BCUT2D eigenvalue weighted by molar-refractivity contribution is 7.89. The number of sulfonamides is 1. The molecule has 0 heterocycles. The molecule has 0 aliphatic heterocycles. The highest BCUT2D eigenvalue weighted by Crippen LogP contribution is 2.04. The van der Waals surface area contributed by atoms with Gasteiger partial charge in [-0.3, -0.25) is 10.1 Å². The second kappa shape index (κ2) is 8.87. The number of rotatable bonds is 2. The van der Waals surface area contributed by atoms with Crippen LogP contribution < -0.4 is 11.1 Å². The summed E-state index contributed by atoms with van der Waals surface area (Å²) < 4.78 is 25.1. The number of carbonyl (C=O) groups is 1. The number of hydrogen-bond acceptors (Lipinski definition) is 3. The fourth-order valence-electron chi connectivity index (χ4n) is 1.76. The van der Waals surface area contributed by atoms with E-state index in [4.69, 9.17) is 5.73 Å². The molecule has 25 heavy (non-hydrogen) atoms. The molecule has 2 aromatic rings. The van der Waals surface area contributed by atoms with Crippen molar-refractivity contribution < 1.29 is 13.2 Å². The summed E-state index contributed by atoms with van der Waals surface area (Å²) in [5.74, 6) is 4.97. The molecular weight excluding hydrogens is 362 g/mol. The second-order valence-electron chi connectivity index (χ2n) is 4.86. The first kappa shape index (κ1) is 20.2. The molecule has 0 aromatic heterocycles. The molecule has 0 aliphatic carbocycles. The van der Waals surface area contributed by atoms with Gasteiger partial charge in [-0.2, -0.15) is 0 Å². The number of halogens is 1. The Morgan fingerprint density at radius 1 is 1.00 bits per heavy atom. The maximum Gasteiger partial charge on any atom is 0.257 e. The van der Waals surface area contributed by atoms with E-state index >= 15 is 0 Å². The number of benzene rings is 2. The minimum atomic E-state index is -3.66. The third-order valence-electron chi connectivity index (χ3n) is 2.78. The monoisotopic (exact) mass is 377 g/mol. The van der Waals surface area contributed by atoms with Gasteiger partial charge in [0.25, 0.3) is 15.9 Å². The summed E-state index contributed by atoms with van der Waals surface area (Å²) in [6, 6.07) is 16.0. The zero-order valence-electron chi connectivity index (χ0n) is 13.3. The Morgan fingerprint density at radius 2 is 1.52 bits per heavy atom. The van der Waals surface area contributed by atoms with Gasteiger partial charge in [0.1, 0.15) is 0 Å². The van der Waals surface area contributed by atoms with Crippen LogP contribution in [-0.2, 0) is 10.0 Å². The van der Waals surface area contributed by atoms with Gasteiger partial charge in [0.2, 0.25) is 5.96 Å². The largest absolute Gasteiger partial charge is 0.369 e. The van der Waals surface area contributed by atoms with Gasteiger partial charge in [0.15, 0.2) is 0 Å². The van der Waals surface area contributed by atoms with Crippen LogP contribution in [0.3, 0.4) is 0 Å². The predicted molar refractivity (Wildman–Crippen MR) is 100 cm³/mol. The third kappa shape index (κ3) is 7.08. The molecule has 130 valence electrons. The lowest BCUT2D eigenvalue weighted by Gasteiger charge is -2.03. The van der Waals surface area contributed by atoms with Gasteiger partial charge in [-0.15, -0.1) is 16.8 Å². The van der Waals surface area contributed by atoms with Crippen LogP contribution in [0.2, 0.25) is 0 Å². The Hall–Kier alpha value is -2.82. The number of hydrogen-bond donors (Lipinski definition) is 2. The third-order valence-corrected chi connectivity index (χ3v) is 3.31. The standard InChI is InChI=1S/C17H15N3O3S.ClH/c1-24(22,23)20-17(18)19-16(21)15-11-9-14(10-12-15)8-7-13-5-3-2-4-6-13;/h2-6,9-12H,1H3,(H3,18,19,20,21);1H. The summed E-state index contributed by atoms with van der Waals surface area (Å²) in [5.41, 5.74) is 7.30. The van der Waals surface area contributed by atoms with Crippen LogP contribution >= 0.6 is 12.4 Å². The summed E-state index contributed by atoms with van der Waals surface area (Å²) >= 11 is 0. The van der Waals surface area contributed by atoms with Crippen molar-refractivity contribution in [2.24, 2.45) is 10.1 Å². The van der Waals surface area contributed by atoms with Gasteiger partial charge in [-0.25, -0.2) is 8.42 Å². The molecular formula is C17H16ClN3O3S. The highest BCUT2D eigenvalue weighted by atomic mass is 35.5. The van der Waals surface area contributed by atoms with E-state index in [2.05, 4.69) is 21.6 Å². The van der Waals surface area contributed by atoms with Crippen molar-refractivity contribution in [2.75, 3.05) is 6.26 Å². The molecule has 0 saturated carbocycles. The van der Waals surface area contributed by atoms with Gasteiger partial charge in [-0.05, 0) is 36.4 Å². The molecule has 0 bridgehead atoms. The minimum Gasteiger partial charge on any atom is -0.369 e. The Labute approximate surface area is 152 Å². The highest BCUT2D eigenvalue weighted by Gasteiger charge is 2.08. The van der Waals surface area contributed by atoms with E-state index in [-0.39, 0.29) is 12.4 Å². The van der Waals surface area contributed by atoms with Crippen LogP contribution in [0.25, 0.3) is 0 Å². The Balaban J connectivity index is 0.00000312. The van der Waals surface area contributed by atoms with Gasteiger partial charge in [0, 0.05) is 16.7 Å². The first-order valence-corrected chi connectivity index (χ1v) is 8.72. The lowest BCUT2D eigenvalue weighted by Crippen LogP contribution is -2.37. The summed E-state index contributed by atoms with van der Waals surface area (Å²) in [6.07, 6.45) is 0.881. The molecule has 0 radical (unpaired) electrons. The number of nitrogens with two attached hydrogens (primary N) is 1. The first-order chi connectivity index (χ1) is 11.3. The van der Waals surface area contributed by atoms with Crippen LogP contribution in [0.1, 0.15) is 21.5 Å². The van der Waals surface area contributed by atoms with Crippen LogP contribution in [0, 0.1) is 11.8 Å². The lowest BCUT2D eigenvalue weighted by molar-refractivity contribution is 0.0977. The second-order valence-corrected chi connectivity index (χ2v) is 6.51. The van der Waals surface area contributed by atoms with Crippen LogP contribution in [-0.4, -0.2) is 26.5 Å². The average molecular weight is 378 g/mol. The van der Waals surface area contributed by atoms with E-state index in [1.807, 2.05) is 30.3 Å². The van der Waals surface area contributed by atoms with Crippen LogP contribution in [0.15, 0.2) is 59.0 Å². The van der Waals surface area contributed by atoms with Crippen molar-refractivity contribution in [3.63, 3.8) is 0 Å². The molecule has 2 aromatic carbocycles. The van der Waals surface area contributed by atoms with Crippen molar-refractivity contribution in [1.82, 2.24) is 5.32 Å². The molecule has 0 fully saturated rings. The van der Waals surface area contributed by atoms with Crippen LogP contribution in [0.4, 0.5) is 0 Å². The van der Waals surface area contributed by atoms with Crippen molar-refractivity contribution in [3.8, 4) is 11.8 Å². The molecule has 0 atom stereocenters. The maximum absolute atomic E-state index is 11.9. The SMILES string of the molecule is CS(=O)(=O)N=C(N)NC(=O)c1ccc(C#Cc2ccccc2)cc1.Cl. The zero-order chi connectivity index (χ0) is 17.6. The molecule has 0 spiro atoms. The van der Waals surface area contributed by atoms with E-state index in [9.17, 15) is 13.2 Å². The number of nitrogens with zero attached hydrogens (tertiary/aromatic N) is 1. The molecule has 0 aliphatic rings. The quantitative estimate of drug-likeness (QED) is 0.470. The van der Waals surface area contributed by atoms with Crippen molar-refractivity contribution in [3.05, 3.63) is 71.3 Å². The smallest absolute Gasteiger partial charge is 0.257 e. The van der Waals surface area contributed by atoms with Crippen LogP contribution in [0.5, 0.6) is 0 Å². The predicted octanol–water partition coefficient (Wildman–Crippen LogP) is 1.51. The summed E-state index contributed by atoms with van der Waals surface area (Å²) in [5, 5.41) is 2.20. The molecule has 6 nitrogen and oxygen atoms in total. The topological polar surface area (TPSA) is 102 Å². The summed E-state index contributed by atoms with van der Waals surface area (Å²) in [7, 11) is -3.66. The molecule has 8 heteroatoms. The molecule has 1 amide bonds. The number of carbonyl (C=O) groups excluding carboxylic acids is 1. The molecule has 2 rings (SSSR count). The van der Waals surface area contributed by atoms with E-state index in [0.717, 1.165) is 17.4 Å². The van der Waals surface area contributed by atoms with E-state index < -0.39 is 21.9 Å². The molecule has 3 N–H and O–H groups in total. The molecule has 0 unspecified atom stereocenters. The number of nitrogens with one attached hydrogen (secondary N) is 1. The normalized spacial score (nSPS) is 10.8. The first-order valence-electron chi connectivity index (χ1n) is 6.87. The number of guanidine groups is 1. The van der Waals surface area contributed by atoms with Gasteiger partial charge in [0.05, 0.1) is 6.26 Å². The van der Waals surface area contributed by atoms with E-state index in [1.54, 1.807) is 24.3 Å². The van der Waals surface area contributed by atoms with E-state index in [0.29, 0.717) is 5.56 Å². The van der Waals surface area contributed by atoms with Gasteiger partial charge < -0.3 is 5.73 Å². The van der Waals surface area contributed by atoms with Gasteiger partial charge in [-0.1, -0.05) is 30.0 Å². The summed E-state index contributed by atoms with van der Waals surface area (Å²) in [6.45, 7) is 0. The van der Waals surface area contributed by atoms with Crippen molar-refractivity contribution >= 4 is 34.3 Å². The fraction of sp³-hybridized carbons (Fsp3) is 0.0588. The molecule has 0 saturated heterocycles. The lowest BCUT2D eigenvalue weighted by atomic mass is 10.1. The average Bonchev–Trinajstić information content (AvgIpc) is 2.52. The Morgan fingerprint density at radius 3 is 2.04 bits per heavy atom. The Kier molecular flexibility index (Phi) is 7.18. The minimum absolute atomic E-state index is 0. The maximum atomic E-state index is 11.9. The fourth-order valence-corrected chi connectivity index (χ4v) is 2.16. The van der Waals surface area contributed by atoms with Gasteiger partial charge >= 0.3 is 0 Å². The number of amides is 1. The summed E-state index contributed by atoms with van der Waals surface area (Å²) in [4.78, 5) is 11.9. The van der Waals surface area contributed by atoms with Crippen molar-refractivity contribution in [1.29, 1.82) is 0 Å². The Bertz CT molecular complexity index is 929. The zero-order valence-corrected chi connectivity index (χ0v) is 14.9. The van der Waals surface area contributed by atoms with E-state index in [1.165, 1.54) is 0 Å².